The predicted octanol–water partition coefficient (Wildman–Crippen LogP) is 3.63. The van der Waals surface area contributed by atoms with Crippen LogP contribution in [-0.4, -0.2) is 12.1 Å². The van der Waals surface area contributed by atoms with Gasteiger partial charge in [0.05, 0.1) is 0 Å². The Morgan fingerprint density at radius 3 is 2.71 bits per heavy atom. The zero-order chi connectivity index (χ0) is 15.4. The van der Waals surface area contributed by atoms with Gasteiger partial charge in [0.15, 0.2) is 6.10 Å². The molecule has 0 saturated carbocycles. The van der Waals surface area contributed by atoms with Crippen molar-refractivity contribution in [3.63, 3.8) is 0 Å². The quantitative estimate of drug-likeness (QED) is 0.811. The first kappa shape index (κ1) is 15.1. The van der Waals surface area contributed by atoms with E-state index in [2.05, 4.69) is 0 Å². The third kappa shape index (κ3) is 3.86. The van der Waals surface area contributed by atoms with E-state index in [1.165, 1.54) is 17.4 Å². The molecule has 0 unspecified atom stereocenters. The topological polar surface area (TPSA) is 50.1 Å². The Hall–Kier alpha value is -2.26. The van der Waals surface area contributed by atoms with Crippen molar-refractivity contribution in [1.82, 2.24) is 0 Å². The maximum atomic E-state index is 13.5. The number of ether oxygens (including phenoxy) is 1. The van der Waals surface area contributed by atoms with E-state index in [1.807, 2.05) is 6.92 Å². The van der Waals surface area contributed by atoms with Crippen molar-refractivity contribution in [1.29, 1.82) is 5.26 Å². The zero-order valence-corrected chi connectivity index (χ0v) is 11.9. The van der Waals surface area contributed by atoms with E-state index in [4.69, 9.17) is 10.00 Å². The molecule has 0 aliphatic carbocycles. The molecule has 6 heteroatoms. The second-order valence-electron chi connectivity index (χ2n) is 4.37. The predicted molar refractivity (Wildman–Crippen MR) is 73.9 cm³/mol. The number of esters is 1. The van der Waals surface area contributed by atoms with E-state index in [1.54, 1.807) is 18.2 Å². The molecule has 0 radical (unpaired) electrons. The lowest BCUT2D eigenvalue weighted by atomic mass is 10.1. The van der Waals surface area contributed by atoms with Gasteiger partial charge in [-0.1, -0.05) is 6.07 Å². The lowest BCUT2D eigenvalue weighted by Crippen LogP contribution is -2.19. The molecule has 1 aromatic carbocycles. The monoisotopic (exact) mass is 307 g/mol. The molecule has 0 aliphatic rings. The molecule has 0 N–H and O–H groups in total. The van der Waals surface area contributed by atoms with Crippen molar-refractivity contribution in [3.05, 3.63) is 57.3 Å². The maximum Gasteiger partial charge on any atom is 0.349 e. The molecule has 108 valence electrons. The number of nitriles is 1. The van der Waals surface area contributed by atoms with E-state index in [-0.39, 0.29) is 12.0 Å². The van der Waals surface area contributed by atoms with E-state index >= 15 is 0 Å². The molecule has 0 aliphatic heterocycles. The van der Waals surface area contributed by atoms with Crippen LogP contribution in [-0.2, 0) is 11.2 Å². The Morgan fingerprint density at radius 2 is 2.14 bits per heavy atom. The number of hydrogen-bond acceptors (Lipinski definition) is 4. The third-order valence-electron chi connectivity index (χ3n) is 2.76. The van der Waals surface area contributed by atoms with Gasteiger partial charge in [-0.05, 0) is 30.7 Å². The third-order valence-corrected chi connectivity index (χ3v) is 3.74. The standard InChI is InChI=1S/C15H11F2NO2S/c1-9-2-5-14(21-9)15(19)20-12(8-18)6-10-3-4-11(16)7-13(10)17/h2-5,7,12H,6H2,1H3/t12-/m1/s1. The summed E-state index contributed by atoms with van der Waals surface area (Å²) in [6, 6.07) is 8.23. The van der Waals surface area contributed by atoms with E-state index in [0.717, 1.165) is 17.0 Å². The molecular formula is C15H11F2NO2S. The number of hydrogen-bond donors (Lipinski definition) is 0. The fraction of sp³-hybridized carbons (Fsp3) is 0.200. The smallest absolute Gasteiger partial charge is 0.349 e. The summed E-state index contributed by atoms with van der Waals surface area (Å²) in [4.78, 5) is 13.2. The molecule has 1 aromatic heterocycles. The second-order valence-corrected chi connectivity index (χ2v) is 5.66. The maximum absolute atomic E-state index is 13.5. The number of aryl methyl sites for hydroxylation is 1. The molecule has 0 amide bonds. The van der Waals surface area contributed by atoms with Crippen molar-refractivity contribution < 1.29 is 18.3 Å². The van der Waals surface area contributed by atoms with Crippen LogP contribution in [0, 0.1) is 29.9 Å². The summed E-state index contributed by atoms with van der Waals surface area (Å²) >= 11 is 1.25. The molecule has 3 nitrogen and oxygen atoms in total. The molecule has 0 spiro atoms. The zero-order valence-electron chi connectivity index (χ0n) is 11.1. The Morgan fingerprint density at radius 1 is 1.38 bits per heavy atom. The Kier molecular flexibility index (Phi) is 4.66. The summed E-state index contributed by atoms with van der Waals surface area (Å²) in [5.41, 5.74) is 0.123. The average Bonchev–Trinajstić information content (AvgIpc) is 2.87. The minimum atomic E-state index is -1.13. The number of carbonyl (C=O) groups is 1. The van der Waals surface area contributed by atoms with Gasteiger partial charge in [-0.2, -0.15) is 5.26 Å². The number of benzene rings is 1. The summed E-state index contributed by atoms with van der Waals surface area (Å²) in [6.07, 6.45) is -1.25. The summed E-state index contributed by atoms with van der Waals surface area (Å²) in [7, 11) is 0. The van der Waals surface area contributed by atoms with Gasteiger partial charge in [0.1, 0.15) is 22.6 Å². The fourth-order valence-corrected chi connectivity index (χ4v) is 2.48. The number of carbonyl (C=O) groups excluding carboxylic acids is 1. The van der Waals surface area contributed by atoms with Crippen molar-refractivity contribution in [3.8, 4) is 6.07 Å². The SMILES string of the molecule is Cc1ccc(C(=O)O[C@@H](C#N)Cc2ccc(F)cc2F)s1. The Balaban J connectivity index is 2.07. The van der Waals surface area contributed by atoms with Gasteiger partial charge >= 0.3 is 5.97 Å². The van der Waals surface area contributed by atoms with Gasteiger partial charge in [0.25, 0.3) is 0 Å². The molecule has 1 atom stereocenters. The van der Waals surface area contributed by atoms with Crippen LogP contribution in [0.15, 0.2) is 30.3 Å². The van der Waals surface area contributed by atoms with Gasteiger partial charge < -0.3 is 4.74 Å². The van der Waals surface area contributed by atoms with E-state index < -0.39 is 23.7 Å². The molecule has 2 rings (SSSR count). The van der Waals surface area contributed by atoms with Crippen molar-refractivity contribution >= 4 is 17.3 Å². The summed E-state index contributed by atoms with van der Waals surface area (Å²) in [5, 5.41) is 9.01. The van der Waals surface area contributed by atoms with E-state index in [9.17, 15) is 13.6 Å². The van der Waals surface area contributed by atoms with E-state index in [0.29, 0.717) is 4.88 Å². The van der Waals surface area contributed by atoms with Crippen LogP contribution < -0.4 is 0 Å². The first-order valence-corrected chi connectivity index (χ1v) is 6.92. The second kappa shape index (κ2) is 6.46. The first-order valence-electron chi connectivity index (χ1n) is 6.10. The fourth-order valence-electron chi connectivity index (χ4n) is 1.73. The van der Waals surface area contributed by atoms with Crippen molar-refractivity contribution in [2.45, 2.75) is 19.4 Å². The number of halogens is 2. The molecule has 1 heterocycles. The Labute approximate surface area is 124 Å². The molecule has 0 saturated heterocycles. The molecule has 21 heavy (non-hydrogen) atoms. The van der Waals surface area contributed by atoms with Crippen molar-refractivity contribution in [2.75, 3.05) is 0 Å². The van der Waals surface area contributed by atoms with Crippen LogP contribution in [0.1, 0.15) is 20.1 Å². The van der Waals surface area contributed by atoms with Gasteiger partial charge in [-0.15, -0.1) is 11.3 Å². The minimum absolute atomic E-state index is 0.123. The molecule has 0 fully saturated rings. The number of thiophene rings is 1. The van der Waals surface area contributed by atoms with Crippen LogP contribution in [0.2, 0.25) is 0 Å². The van der Waals surface area contributed by atoms with Crippen LogP contribution in [0.3, 0.4) is 0 Å². The molecular weight excluding hydrogens is 296 g/mol. The average molecular weight is 307 g/mol. The van der Waals surface area contributed by atoms with Crippen LogP contribution in [0.4, 0.5) is 8.78 Å². The van der Waals surface area contributed by atoms with Gasteiger partial charge in [-0.3, -0.25) is 0 Å². The lowest BCUT2D eigenvalue weighted by Gasteiger charge is -2.11. The normalized spacial score (nSPS) is 11.7. The highest BCUT2D eigenvalue weighted by Crippen LogP contribution is 2.18. The van der Waals surface area contributed by atoms with Crippen LogP contribution in [0.25, 0.3) is 0 Å². The number of nitrogens with zero attached hydrogens (tertiary/aromatic N) is 1. The highest BCUT2D eigenvalue weighted by molar-refractivity contribution is 7.13. The molecule has 0 bridgehead atoms. The first-order chi connectivity index (χ1) is 9.99. The highest BCUT2D eigenvalue weighted by Gasteiger charge is 2.19. The molecule has 2 aromatic rings. The largest absolute Gasteiger partial charge is 0.442 e. The van der Waals surface area contributed by atoms with Gasteiger partial charge in [0, 0.05) is 17.4 Å². The number of rotatable bonds is 4. The Bertz CT molecular complexity index is 706. The summed E-state index contributed by atoms with van der Waals surface area (Å²) in [5.74, 6) is -2.09. The van der Waals surface area contributed by atoms with Crippen LogP contribution in [0.5, 0.6) is 0 Å². The highest BCUT2D eigenvalue weighted by atomic mass is 32.1. The summed E-state index contributed by atoms with van der Waals surface area (Å²) < 4.78 is 31.4. The van der Waals surface area contributed by atoms with Gasteiger partial charge in [0.2, 0.25) is 0 Å². The van der Waals surface area contributed by atoms with Crippen molar-refractivity contribution in [2.24, 2.45) is 0 Å². The van der Waals surface area contributed by atoms with Gasteiger partial charge in [-0.25, -0.2) is 13.6 Å². The minimum Gasteiger partial charge on any atom is -0.442 e. The summed E-state index contributed by atoms with van der Waals surface area (Å²) in [6.45, 7) is 1.84. The van der Waals surface area contributed by atoms with Crippen LogP contribution >= 0.6 is 11.3 Å². The lowest BCUT2D eigenvalue weighted by molar-refractivity contribution is 0.0412.